The molecule has 0 spiro atoms. The molecular weight excluding hydrogens is 475 g/mol. The van der Waals surface area contributed by atoms with Crippen LogP contribution in [0.3, 0.4) is 0 Å². The second-order valence-corrected chi connectivity index (χ2v) is 9.01. The van der Waals surface area contributed by atoms with Crippen molar-refractivity contribution in [3.05, 3.63) is 47.5 Å². The summed E-state index contributed by atoms with van der Waals surface area (Å²) in [5.41, 5.74) is 1.67. The fourth-order valence-corrected chi connectivity index (χ4v) is 3.72. The predicted molar refractivity (Wildman–Crippen MR) is 134 cm³/mol. The summed E-state index contributed by atoms with van der Waals surface area (Å²) in [6, 6.07) is 7.59. The molecule has 0 radical (unpaired) electrons. The predicted octanol–water partition coefficient (Wildman–Crippen LogP) is 4.36. The normalized spacial score (nSPS) is 15.4. The summed E-state index contributed by atoms with van der Waals surface area (Å²) in [5.74, 6) is 0.465. The zero-order chi connectivity index (χ0) is 24.9. The summed E-state index contributed by atoms with van der Waals surface area (Å²) < 4.78 is 25.2. The van der Waals surface area contributed by atoms with Gasteiger partial charge in [-0.3, -0.25) is 0 Å². The highest BCUT2D eigenvalue weighted by atomic mass is 35.5. The number of urea groups is 1. The van der Waals surface area contributed by atoms with E-state index in [9.17, 15) is 9.18 Å². The smallest absolute Gasteiger partial charge is 0.321 e. The number of ether oxygens (including phenoxy) is 2. The maximum Gasteiger partial charge on any atom is 0.321 e. The summed E-state index contributed by atoms with van der Waals surface area (Å²) in [7, 11) is 5.64. The number of hydrogen-bond donors (Lipinski definition) is 2. The van der Waals surface area contributed by atoms with Crippen molar-refractivity contribution in [1.29, 1.82) is 0 Å². The van der Waals surface area contributed by atoms with Crippen molar-refractivity contribution in [2.75, 3.05) is 58.1 Å². The number of halogens is 2. The van der Waals surface area contributed by atoms with Gasteiger partial charge in [0.15, 0.2) is 0 Å². The van der Waals surface area contributed by atoms with E-state index < -0.39 is 5.82 Å². The first kappa shape index (κ1) is 24.9. The lowest BCUT2D eigenvalue weighted by Gasteiger charge is -2.22. The van der Waals surface area contributed by atoms with Gasteiger partial charge in [0.1, 0.15) is 29.8 Å². The number of anilines is 3. The average Bonchev–Trinajstić information content (AvgIpc) is 3.33. The minimum absolute atomic E-state index is 0.00320. The molecule has 2 aromatic carbocycles. The molecule has 2 amide bonds. The van der Waals surface area contributed by atoms with E-state index in [1.54, 1.807) is 30.1 Å². The first-order chi connectivity index (χ1) is 16.8. The molecular formula is C24H28ClFN6O3. The molecule has 0 unspecified atom stereocenters. The van der Waals surface area contributed by atoms with E-state index in [4.69, 9.17) is 21.1 Å². The number of aromatic nitrogens is 2. The van der Waals surface area contributed by atoms with Gasteiger partial charge in [0.05, 0.1) is 29.4 Å². The molecule has 35 heavy (non-hydrogen) atoms. The number of hydrogen-bond acceptors (Lipinski definition) is 7. The molecule has 2 N–H and O–H groups in total. The van der Waals surface area contributed by atoms with Gasteiger partial charge in [-0.05, 0) is 38.4 Å². The number of nitrogens with one attached hydrogen (secondary N) is 2. The molecule has 4 rings (SSSR count). The summed E-state index contributed by atoms with van der Waals surface area (Å²) in [4.78, 5) is 25.2. The Hall–Kier alpha value is -3.21. The van der Waals surface area contributed by atoms with E-state index in [-0.39, 0.29) is 17.2 Å². The van der Waals surface area contributed by atoms with Crippen LogP contribution in [0.1, 0.15) is 6.42 Å². The molecule has 1 fully saturated rings. The largest absolute Gasteiger partial charge is 0.486 e. The Balaban J connectivity index is 1.67. The van der Waals surface area contributed by atoms with Crippen LogP contribution in [0, 0.1) is 5.82 Å². The quantitative estimate of drug-likeness (QED) is 0.473. The zero-order valence-electron chi connectivity index (χ0n) is 19.8. The molecule has 1 aliphatic heterocycles. The molecule has 9 nitrogen and oxygen atoms in total. The zero-order valence-corrected chi connectivity index (χ0v) is 20.6. The van der Waals surface area contributed by atoms with Crippen molar-refractivity contribution in [3.8, 4) is 5.75 Å². The van der Waals surface area contributed by atoms with Crippen LogP contribution in [0.2, 0.25) is 5.02 Å². The fourth-order valence-electron chi connectivity index (χ4n) is 3.54. The van der Waals surface area contributed by atoms with Crippen molar-refractivity contribution in [2.45, 2.75) is 12.5 Å². The third kappa shape index (κ3) is 6.27. The number of likely N-dealkylation sites (N-methyl/N-ethyl adjacent to an activating group) is 2. The SMILES string of the molecule is CN(C)CCN(C)C(=O)Nc1cc2c(Nc3ccc(F)c(Cl)c3)ncnc2cc1O[C@H]1CCOC1. The van der Waals surface area contributed by atoms with Crippen molar-refractivity contribution < 1.29 is 18.7 Å². The van der Waals surface area contributed by atoms with Crippen molar-refractivity contribution in [3.63, 3.8) is 0 Å². The minimum Gasteiger partial charge on any atom is -0.486 e. The highest BCUT2D eigenvalue weighted by Crippen LogP contribution is 2.35. The lowest BCUT2D eigenvalue weighted by Crippen LogP contribution is -2.36. The molecule has 2 heterocycles. The van der Waals surface area contributed by atoms with Crippen LogP contribution in [-0.2, 0) is 4.74 Å². The Kier molecular flexibility index (Phi) is 7.84. The second-order valence-electron chi connectivity index (χ2n) is 8.60. The minimum atomic E-state index is -0.508. The average molecular weight is 503 g/mol. The molecule has 1 saturated heterocycles. The highest BCUT2D eigenvalue weighted by molar-refractivity contribution is 6.31. The molecule has 1 atom stereocenters. The van der Waals surface area contributed by atoms with Gasteiger partial charge >= 0.3 is 6.03 Å². The third-order valence-corrected chi connectivity index (χ3v) is 5.86. The standard InChI is InChI=1S/C24H28ClFN6O3/c1-31(2)7-8-32(3)24(33)30-21-11-17-20(12-22(21)35-16-6-9-34-13-16)27-14-28-23(17)29-15-4-5-19(26)18(25)10-15/h4-5,10-12,14,16H,6-9,13H2,1-3H3,(H,30,33)(H,27,28,29)/t16-/m0/s1. The molecule has 0 aliphatic carbocycles. The number of benzene rings is 2. The Morgan fingerprint density at radius 3 is 2.77 bits per heavy atom. The maximum absolute atomic E-state index is 13.6. The summed E-state index contributed by atoms with van der Waals surface area (Å²) in [6.45, 7) is 2.40. The van der Waals surface area contributed by atoms with E-state index in [1.165, 1.54) is 18.5 Å². The lowest BCUT2D eigenvalue weighted by atomic mass is 10.1. The van der Waals surface area contributed by atoms with Gasteiger partial charge in [-0.25, -0.2) is 19.2 Å². The number of amides is 2. The Morgan fingerprint density at radius 1 is 1.23 bits per heavy atom. The fraction of sp³-hybridized carbons (Fsp3) is 0.375. The maximum atomic E-state index is 13.6. The molecule has 1 aromatic heterocycles. The van der Waals surface area contributed by atoms with Gasteiger partial charge < -0.3 is 29.9 Å². The van der Waals surface area contributed by atoms with E-state index in [2.05, 4.69) is 20.6 Å². The lowest BCUT2D eigenvalue weighted by molar-refractivity contribution is 0.142. The van der Waals surface area contributed by atoms with Crippen LogP contribution in [0.15, 0.2) is 36.7 Å². The second kappa shape index (κ2) is 11.0. The highest BCUT2D eigenvalue weighted by Gasteiger charge is 2.21. The number of rotatable bonds is 8. The van der Waals surface area contributed by atoms with Gasteiger partial charge in [-0.15, -0.1) is 0 Å². The van der Waals surface area contributed by atoms with Crippen LogP contribution >= 0.6 is 11.6 Å². The number of carbonyl (C=O) groups is 1. The van der Waals surface area contributed by atoms with Gasteiger partial charge in [0.25, 0.3) is 0 Å². The van der Waals surface area contributed by atoms with Crippen molar-refractivity contribution in [2.24, 2.45) is 0 Å². The van der Waals surface area contributed by atoms with E-state index in [0.717, 1.165) is 13.0 Å². The Bertz CT molecular complexity index is 1210. The molecule has 1 aliphatic rings. The van der Waals surface area contributed by atoms with Gasteiger partial charge in [-0.1, -0.05) is 11.6 Å². The molecule has 11 heteroatoms. The van der Waals surface area contributed by atoms with Crippen molar-refractivity contribution >= 4 is 45.7 Å². The van der Waals surface area contributed by atoms with Gasteiger partial charge in [0.2, 0.25) is 0 Å². The first-order valence-corrected chi connectivity index (χ1v) is 11.6. The summed E-state index contributed by atoms with van der Waals surface area (Å²) in [5, 5.41) is 6.75. The topological polar surface area (TPSA) is 91.9 Å². The molecule has 0 bridgehead atoms. The third-order valence-electron chi connectivity index (χ3n) is 5.57. The van der Waals surface area contributed by atoms with Crippen LogP contribution in [0.25, 0.3) is 10.9 Å². The Morgan fingerprint density at radius 2 is 2.06 bits per heavy atom. The van der Waals surface area contributed by atoms with E-state index >= 15 is 0 Å². The van der Waals surface area contributed by atoms with Crippen molar-refractivity contribution in [1.82, 2.24) is 19.8 Å². The van der Waals surface area contributed by atoms with Crippen LogP contribution in [0.4, 0.5) is 26.4 Å². The molecule has 0 saturated carbocycles. The Labute approximate surface area is 208 Å². The van der Waals surface area contributed by atoms with E-state index in [1.807, 2.05) is 19.0 Å². The van der Waals surface area contributed by atoms with E-state index in [0.29, 0.717) is 53.6 Å². The van der Waals surface area contributed by atoms with Gasteiger partial charge in [-0.2, -0.15) is 0 Å². The monoisotopic (exact) mass is 502 g/mol. The van der Waals surface area contributed by atoms with Crippen LogP contribution in [0.5, 0.6) is 5.75 Å². The van der Waals surface area contributed by atoms with Crippen LogP contribution < -0.4 is 15.4 Å². The molecule has 186 valence electrons. The number of carbonyl (C=O) groups excluding carboxylic acids is 1. The van der Waals surface area contributed by atoms with Gasteiger partial charge in [0, 0.05) is 43.7 Å². The number of nitrogens with zero attached hydrogens (tertiary/aromatic N) is 4. The van der Waals surface area contributed by atoms with Crippen LogP contribution in [-0.4, -0.2) is 79.3 Å². The number of fused-ring (bicyclic) bond motifs is 1. The summed E-state index contributed by atoms with van der Waals surface area (Å²) >= 11 is 5.93. The molecule has 3 aromatic rings. The first-order valence-electron chi connectivity index (χ1n) is 11.2. The summed E-state index contributed by atoms with van der Waals surface area (Å²) in [6.07, 6.45) is 2.07.